The monoisotopic (exact) mass is 368 g/mol. The Kier molecular flexibility index (Phi) is 4.66. The van der Waals surface area contributed by atoms with E-state index < -0.39 is 0 Å². The van der Waals surface area contributed by atoms with Gasteiger partial charge in [-0.2, -0.15) is 0 Å². The number of benzene rings is 2. The Morgan fingerprint density at radius 2 is 1.78 bits per heavy atom. The number of anilines is 2. The summed E-state index contributed by atoms with van der Waals surface area (Å²) in [6.45, 7) is 4.69. The molecule has 6 heteroatoms. The minimum Gasteiger partial charge on any atom is -0.358 e. The third-order valence-corrected chi connectivity index (χ3v) is 5.50. The van der Waals surface area contributed by atoms with Crippen molar-refractivity contribution in [3.05, 3.63) is 59.9 Å². The Hall–Kier alpha value is -2.73. The minimum atomic E-state index is -0.346. The van der Waals surface area contributed by atoms with E-state index in [2.05, 4.69) is 0 Å². The average Bonchev–Trinajstić information content (AvgIpc) is 2.96. The predicted molar refractivity (Wildman–Crippen MR) is 101 cm³/mol. The first-order chi connectivity index (χ1) is 13.0. The van der Waals surface area contributed by atoms with Crippen LogP contribution in [0.3, 0.4) is 0 Å². The Morgan fingerprint density at radius 1 is 1.04 bits per heavy atom. The van der Waals surface area contributed by atoms with Crippen molar-refractivity contribution in [3.63, 3.8) is 0 Å². The summed E-state index contributed by atoms with van der Waals surface area (Å²) in [7, 11) is 0. The van der Waals surface area contributed by atoms with Crippen molar-refractivity contribution in [1.82, 2.24) is 0 Å². The number of nitrogens with zero attached hydrogens (tertiary/aromatic N) is 2. The summed E-state index contributed by atoms with van der Waals surface area (Å²) in [6.07, 6.45) is 0.238. The number of piperazine rings is 1. The number of para-hydroxylation sites is 1. The number of aryl methyl sites for hydroxylation is 1. The van der Waals surface area contributed by atoms with Gasteiger partial charge in [0.25, 0.3) is 5.91 Å². The fourth-order valence-corrected chi connectivity index (χ4v) is 4.08. The van der Waals surface area contributed by atoms with Crippen LogP contribution in [0.2, 0.25) is 0 Å². The summed E-state index contributed by atoms with van der Waals surface area (Å²) >= 11 is 0. The molecule has 1 N–H and O–H groups in total. The maximum absolute atomic E-state index is 14.0. The molecule has 2 aliphatic rings. The van der Waals surface area contributed by atoms with Crippen LogP contribution in [0.15, 0.2) is 48.5 Å². The zero-order valence-electron chi connectivity index (χ0n) is 15.3. The molecule has 0 aliphatic carbocycles. The normalized spacial score (nSPS) is 21.2. The van der Waals surface area contributed by atoms with E-state index in [1.807, 2.05) is 36.1 Å². The van der Waals surface area contributed by atoms with Crippen LogP contribution in [0, 0.1) is 12.7 Å². The molecule has 2 aromatic rings. The first-order valence-corrected chi connectivity index (χ1v) is 9.32. The Balaban J connectivity index is 1.45. The molecule has 2 fully saturated rings. The van der Waals surface area contributed by atoms with Gasteiger partial charge < -0.3 is 9.80 Å². The maximum atomic E-state index is 14.0. The van der Waals surface area contributed by atoms with Gasteiger partial charge in [-0.3, -0.25) is 9.59 Å². The molecule has 0 saturated carbocycles. The first-order valence-electron chi connectivity index (χ1n) is 9.32. The van der Waals surface area contributed by atoms with Crippen LogP contribution in [0.1, 0.15) is 12.0 Å². The molecule has 5 nitrogen and oxygen atoms in total. The molecule has 1 atom stereocenters. The number of rotatable bonds is 3. The highest BCUT2D eigenvalue weighted by atomic mass is 19.1. The molecule has 2 heterocycles. The van der Waals surface area contributed by atoms with Crippen molar-refractivity contribution in [2.24, 2.45) is 0 Å². The molecule has 4 rings (SSSR count). The van der Waals surface area contributed by atoms with Gasteiger partial charge in [-0.15, -0.1) is 0 Å². The summed E-state index contributed by atoms with van der Waals surface area (Å²) in [6, 6.07) is 13.9. The van der Waals surface area contributed by atoms with E-state index in [1.165, 1.54) is 11.0 Å². The lowest BCUT2D eigenvalue weighted by molar-refractivity contribution is -0.915. The Bertz CT molecular complexity index is 877. The largest absolute Gasteiger partial charge is 0.358 e. The fourth-order valence-electron chi connectivity index (χ4n) is 4.08. The number of halogens is 1. The molecule has 0 bridgehead atoms. The number of hydrogen-bond donors (Lipinski definition) is 1. The number of amides is 2. The quantitative estimate of drug-likeness (QED) is 0.828. The number of carbonyl (C=O) groups is 2. The number of carbonyl (C=O) groups excluding carboxylic acids is 2. The maximum Gasteiger partial charge on any atom is 0.292 e. The third-order valence-electron chi connectivity index (χ3n) is 5.50. The topological polar surface area (TPSA) is 45.1 Å². The second-order valence-corrected chi connectivity index (χ2v) is 7.26. The van der Waals surface area contributed by atoms with Crippen LogP contribution in [0.4, 0.5) is 15.8 Å². The van der Waals surface area contributed by atoms with Crippen molar-refractivity contribution < 1.29 is 18.9 Å². The SMILES string of the molecule is Cc1cccc(N2C(=O)C[C@@H]([NH+]3CCN(c4ccccc4F)CC3)C2=O)c1. The zero-order chi connectivity index (χ0) is 19.0. The molecular weight excluding hydrogens is 345 g/mol. The fraction of sp³-hybridized carbons (Fsp3) is 0.333. The minimum absolute atomic E-state index is 0.125. The van der Waals surface area contributed by atoms with Gasteiger partial charge in [0.05, 0.1) is 44.0 Å². The van der Waals surface area contributed by atoms with Crippen LogP contribution in [0.25, 0.3) is 0 Å². The highest BCUT2D eigenvalue weighted by Gasteiger charge is 2.46. The van der Waals surface area contributed by atoms with Gasteiger partial charge in [-0.25, -0.2) is 9.29 Å². The third kappa shape index (κ3) is 3.32. The lowest BCUT2D eigenvalue weighted by Crippen LogP contribution is -3.19. The standard InChI is InChI=1S/C21H22FN3O2/c1-15-5-4-6-16(13-15)25-20(26)14-19(21(25)27)24-11-9-23(10-12-24)18-8-3-2-7-17(18)22/h2-8,13,19H,9-12,14H2,1H3/p+1/t19-/m1/s1. The van der Waals surface area contributed by atoms with Crippen molar-refractivity contribution in [1.29, 1.82) is 0 Å². The lowest BCUT2D eigenvalue weighted by Gasteiger charge is -2.35. The van der Waals surface area contributed by atoms with Gasteiger partial charge in [0.1, 0.15) is 5.82 Å². The number of quaternary nitrogens is 1. The predicted octanol–water partition coefficient (Wildman–Crippen LogP) is 1.17. The highest BCUT2D eigenvalue weighted by molar-refractivity contribution is 6.21. The molecule has 2 aliphatic heterocycles. The summed E-state index contributed by atoms with van der Waals surface area (Å²) in [5.74, 6) is -0.488. The van der Waals surface area contributed by atoms with E-state index >= 15 is 0 Å². The van der Waals surface area contributed by atoms with Crippen LogP contribution in [-0.4, -0.2) is 44.0 Å². The molecular formula is C21H23FN3O2+. The Labute approximate surface area is 158 Å². The van der Waals surface area contributed by atoms with Crippen molar-refractivity contribution in [2.75, 3.05) is 36.0 Å². The molecule has 0 unspecified atom stereocenters. The Morgan fingerprint density at radius 3 is 2.48 bits per heavy atom. The van der Waals surface area contributed by atoms with Crippen molar-refractivity contribution >= 4 is 23.2 Å². The molecule has 0 radical (unpaired) electrons. The second kappa shape index (κ2) is 7.12. The van der Waals surface area contributed by atoms with E-state index in [4.69, 9.17) is 0 Å². The van der Waals surface area contributed by atoms with Crippen LogP contribution >= 0.6 is 0 Å². The van der Waals surface area contributed by atoms with E-state index in [0.29, 0.717) is 37.6 Å². The van der Waals surface area contributed by atoms with Gasteiger partial charge >= 0.3 is 0 Å². The van der Waals surface area contributed by atoms with Crippen molar-refractivity contribution in [3.8, 4) is 0 Å². The highest BCUT2D eigenvalue weighted by Crippen LogP contribution is 2.23. The summed E-state index contributed by atoms with van der Waals surface area (Å²) in [5.41, 5.74) is 2.27. The van der Waals surface area contributed by atoms with Crippen molar-refractivity contribution in [2.45, 2.75) is 19.4 Å². The first kappa shape index (κ1) is 17.7. The number of hydrogen-bond acceptors (Lipinski definition) is 3. The summed E-state index contributed by atoms with van der Waals surface area (Å²) in [4.78, 5) is 29.9. The molecule has 140 valence electrons. The van der Waals surface area contributed by atoms with E-state index in [1.54, 1.807) is 18.2 Å². The van der Waals surface area contributed by atoms with E-state index in [-0.39, 0.29) is 30.1 Å². The van der Waals surface area contributed by atoms with E-state index in [0.717, 1.165) is 10.5 Å². The smallest absolute Gasteiger partial charge is 0.292 e. The average molecular weight is 368 g/mol. The van der Waals surface area contributed by atoms with Gasteiger partial charge in [-0.05, 0) is 36.8 Å². The zero-order valence-corrected chi connectivity index (χ0v) is 15.3. The molecule has 0 spiro atoms. The second-order valence-electron chi connectivity index (χ2n) is 7.26. The number of imide groups is 1. The molecule has 2 saturated heterocycles. The molecule has 27 heavy (non-hydrogen) atoms. The van der Waals surface area contributed by atoms with Gasteiger partial charge in [-0.1, -0.05) is 24.3 Å². The number of nitrogens with one attached hydrogen (secondary N) is 1. The van der Waals surface area contributed by atoms with Gasteiger partial charge in [0.15, 0.2) is 6.04 Å². The molecule has 0 aromatic heterocycles. The summed E-state index contributed by atoms with van der Waals surface area (Å²) in [5, 5.41) is 0. The summed E-state index contributed by atoms with van der Waals surface area (Å²) < 4.78 is 14.0. The molecule has 2 amide bonds. The van der Waals surface area contributed by atoms with Crippen LogP contribution in [0.5, 0.6) is 0 Å². The van der Waals surface area contributed by atoms with Gasteiger partial charge in [0.2, 0.25) is 5.91 Å². The van der Waals surface area contributed by atoms with Gasteiger partial charge in [0, 0.05) is 0 Å². The molecule has 2 aromatic carbocycles. The van der Waals surface area contributed by atoms with E-state index in [9.17, 15) is 14.0 Å². The lowest BCUT2D eigenvalue weighted by atomic mass is 10.1. The van der Waals surface area contributed by atoms with Crippen LogP contribution < -0.4 is 14.7 Å². The van der Waals surface area contributed by atoms with Crippen LogP contribution in [-0.2, 0) is 9.59 Å².